The van der Waals surface area contributed by atoms with Gasteiger partial charge in [0.2, 0.25) is 17.7 Å². The number of nitrogens with zero attached hydrogens (tertiary/aromatic N) is 2. The normalized spacial score (nSPS) is 18.4. The minimum absolute atomic E-state index is 0.0711. The Hall–Kier alpha value is -1.82. The molecule has 2 aliphatic heterocycles. The van der Waals surface area contributed by atoms with E-state index >= 15 is 0 Å². The first-order chi connectivity index (χ1) is 11.1. The van der Waals surface area contributed by atoms with E-state index in [0.717, 1.165) is 5.75 Å². The molecular formula is C17H20N2O3S. The van der Waals surface area contributed by atoms with Crippen LogP contribution < -0.4 is 0 Å². The van der Waals surface area contributed by atoms with Crippen molar-refractivity contribution in [2.24, 2.45) is 5.92 Å². The molecule has 0 bridgehead atoms. The second-order valence-electron chi connectivity index (χ2n) is 6.04. The lowest BCUT2D eigenvalue weighted by Gasteiger charge is -2.40. The summed E-state index contributed by atoms with van der Waals surface area (Å²) < 4.78 is 0. The molecule has 122 valence electrons. The van der Waals surface area contributed by atoms with Crippen LogP contribution >= 0.6 is 11.8 Å². The van der Waals surface area contributed by atoms with Crippen molar-refractivity contribution in [1.82, 2.24) is 9.80 Å². The highest BCUT2D eigenvalue weighted by molar-refractivity contribution is 7.99. The number of imide groups is 1. The summed E-state index contributed by atoms with van der Waals surface area (Å²) in [5.74, 6) is 1.55. The fourth-order valence-corrected chi connectivity index (χ4v) is 3.78. The molecule has 2 heterocycles. The third kappa shape index (κ3) is 3.93. The molecule has 23 heavy (non-hydrogen) atoms. The Morgan fingerprint density at radius 2 is 1.74 bits per heavy atom. The predicted molar refractivity (Wildman–Crippen MR) is 88.6 cm³/mol. The van der Waals surface area contributed by atoms with E-state index in [1.54, 1.807) is 11.8 Å². The molecule has 1 aromatic rings. The fraction of sp³-hybridized carbons (Fsp3) is 0.471. The first-order valence-corrected chi connectivity index (χ1v) is 9.01. The van der Waals surface area contributed by atoms with E-state index in [1.165, 1.54) is 10.5 Å². The summed E-state index contributed by atoms with van der Waals surface area (Å²) >= 11 is 1.62. The van der Waals surface area contributed by atoms with E-state index in [4.69, 9.17) is 0 Å². The lowest BCUT2D eigenvalue weighted by Crippen LogP contribution is -2.54. The number of amides is 3. The average molecular weight is 332 g/mol. The van der Waals surface area contributed by atoms with Crippen LogP contribution in [0.3, 0.4) is 0 Å². The number of likely N-dealkylation sites (tertiary alicyclic amines) is 2. The van der Waals surface area contributed by atoms with E-state index in [0.29, 0.717) is 38.2 Å². The van der Waals surface area contributed by atoms with Gasteiger partial charge in [-0.15, -0.1) is 11.8 Å². The van der Waals surface area contributed by atoms with Gasteiger partial charge in [0.05, 0.1) is 5.75 Å². The van der Waals surface area contributed by atoms with Gasteiger partial charge >= 0.3 is 0 Å². The highest BCUT2D eigenvalue weighted by atomic mass is 32.2. The van der Waals surface area contributed by atoms with Crippen molar-refractivity contribution in [3.8, 4) is 0 Å². The lowest BCUT2D eigenvalue weighted by molar-refractivity contribution is -0.141. The fourth-order valence-electron chi connectivity index (χ4n) is 2.90. The van der Waals surface area contributed by atoms with Gasteiger partial charge in [0.15, 0.2) is 0 Å². The van der Waals surface area contributed by atoms with Crippen molar-refractivity contribution in [3.63, 3.8) is 0 Å². The average Bonchev–Trinajstić information content (AvgIpc) is 2.82. The first-order valence-electron chi connectivity index (χ1n) is 7.86. The van der Waals surface area contributed by atoms with Gasteiger partial charge in [-0.1, -0.05) is 30.3 Å². The number of benzene rings is 1. The summed E-state index contributed by atoms with van der Waals surface area (Å²) in [4.78, 5) is 38.4. The van der Waals surface area contributed by atoms with Crippen LogP contribution in [0.5, 0.6) is 0 Å². The lowest BCUT2D eigenvalue weighted by atomic mass is 9.99. The zero-order valence-corrected chi connectivity index (χ0v) is 13.8. The molecule has 0 N–H and O–H groups in total. The first kappa shape index (κ1) is 16.1. The Kier molecular flexibility index (Phi) is 5.00. The maximum absolute atomic E-state index is 12.1. The third-order valence-electron chi connectivity index (χ3n) is 4.24. The van der Waals surface area contributed by atoms with Crippen LogP contribution in [-0.4, -0.2) is 52.9 Å². The predicted octanol–water partition coefficient (Wildman–Crippen LogP) is 1.53. The van der Waals surface area contributed by atoms with Gasteiger partial charge < -0.3 is 4.90 Å². The molecule has 2 fully saturated rings. The molecule has 1 aromatic carbocycles. The summed E-state index contributed by atoms with van der Waals surface area (Å²) in [6.07, 6.45) is 0.675. The topological polar surface area (TPSA) is 57.7 Å². The number of rotatable bonds is 6. The van der Waals surface area contributed by atoms with E-state index in [1.807, 2.05) is 23.1 Å². The molecule has 0 unspecified atom stereocenters. The van der Waals surface area contributed by atoms with Crippen LogP contribution in [0.25, 0.3) is 0 Å². The van der Waals surface area contributed by atoms with Crippen molar-refractivity contribution in [2.45, 2.75) is 18.6 Å². The van der Waals surface area contributed by atoms with Gasteiger partial charge in [-0.3, -0.25) is 19.3 Å². The Balaban J connectivity index is 1.35. The van der Waals surface area contributed by atoms with E-state index < -0.39 is 0 Å². The largest absolute Gasteiger partial charge is 0.341 e. The van der Waals surface area contributed by atoms with Crippen LogP contribution in [0, 0.1) is 5.92 Å². The van der Waals surface area contributed by atoms with Gasteiger partial charge in [-0.25, -0.2) is 0 Å². The molecule has 6 heteroatoms. The van der Waals surface area contributed by atoms with E-state index in [9.17, 15) is 14.4 Å². The molecule has 3 rings (SSSR count). The molecule has 5 nitrogen and oxygen atoms in total. The minimum Gasteiger partial charge on any atom is -0.341 e. The zero-order chi connectivity index (χ0) is 16.2. The van der Waals surface area contributed by atoms with Gasteiger partial charge in [0.25, 0.3) is 0 Å². The van der Waals surface area contributed by atoms with Gasteiger partial charge in [0.1, 0.15) is 0 Å². The Morgan fingerprint density at radius 1 is 1.09 bits per heavy atom. The molecule has 0 saturated carbocycles. The highest BCUT2D eigenvalue weighted by Gasteiger charge is 2.36. The number of hydrogen-bond acceptors (Lipinski definition) is 4. The van der Waals surface area contributed by atoms with Crippen LogP contribution in [0.1, 0.15) is 18.4 Å². The minimum atomic E-state index is -0.0711. The van der Waals surface area contributed by atoms with Gasteiger partial charge in [-0.2, -0.15) is 0 Å². The summed E-state index contributed by atoms with van der Waals surface area (Å²) in [6, 6.07) is 10.1. The molecular weight excluding hydrogens is 312 g/mol. The summed E-state index contributed by atoms with van der Waals surface area (Å²) in [5.41, 5.74) is 1.22. The standard InChI is InChI=1S/C17H20N2O3S/c20-15-6-7-16(21)19(15)10-14-8-18(9-14)17(22)12-23-11-13-4-2-1-3-5-13/h1-5,14H,6-12H2. The quantitative estimate of drug-likeness (QED) is 0.741. The summed E-state index contributed by atoms with van der Waals surface area (Å²) in [7, 11) is 0. The molecule has 2 aliphatic rings. The monoisotopic (exact) mass is 332 g/mol. The van der Waals surface area contributed by atoms with Crippen molar-refractivity contribution >= 4 is 29.5 Å². The van der Waals surface area contributed by atoms with Crippen LogP contribution in [0.15, 0.2) is 30.3 Å². The Bertz CT molecular complexity index is 583. The van der Waals surface area contributed by atoms with Crippen molar-refractivity contribution in [2.75, 3.05) is 25.4 Å². The van der Waals surface area contributed by atoms with Crippen LogP contribution in [-0.2, 0) is 20.1 Å². The van der Waals surface area contributed by atoms with Gasteiger partial charge in [-0.05, 0) is 5.56 Å². The highest BCUT2D eigenvalue weighted by Crippen LogP contribution is 2.22. The maximum Gasteiger partial charge on any atom is 0.232 e. The number of carbonyl (C=O) groups is 3. The SMILES string of the molecule is O=C(CSCc1ccccc1)N1CC(CN2C(=O)CCC2=O)C1. The van der Waals surface area contributed by atoms with Crippen molar-refractivity contribution < 1.29 is 14.4 Å². The van der Waals surface area contributed by atoms with Gasteiger partial charge in [0, 0.05) is 44.1 Å². The second kappa shape index (κ2) is 7.17. The van der Waals surface area contributed by atoms with Crippen molar-refractivity contribution in [3.05, 3.63) is 35.9 Å². The molecule has 0 radical (unpaired) electrons. The molecule has 0 spiro atoms. The van der Waals surface area contributed by atoms with Crippen LogP contribution in [0.4, 0.5) is 0 Å². The smallest absolute Gasteiger partial charge is 0.232 e. The van der Waals surface area contributed by atoms with E-state index in [-0.39, 0.29) is 23.6 Å². The summed E-state index contributed by atoms with van der Waals surface area (Å²) in [6.45, 7) is 1.78. The Labute approximate surface area is 140 Å². The number of carbonyl (C=O) groups excluding carboxylic acids is 3. The Morgan fingerprint density at radius 3 is 2.39 bits per heavy atom. The number of thioether (sulfide) groups is 1. The summed E-state index contributed by atoms with van der Waals surface area (Å²) in [5, 5.41) is 0. The maximum atomic E-state index is 12.1. The molecule has 2 saturated heterocycles. The number of hydrogen-bond donors (Lipinski definition) is 0. The van der Waals surface area contributed by atoms with Crippen molar-refractivity contribution in [1.29, 1.82) is 0 Å². The second-order valence-corrected chi connectivity index (χ2v) is 7.03. The molecule has 0 aliphatic carbocycles. The third-order valence-corrected chi connectivity index (χ3v) is 5.23. The molecule has 0 aromatic heterocycles. The zero-order valence-electron chi connectivity index (χ0n) is 12.9. The molecule has 0 atom stereocenters. The van der Waals surface area contributed by atoms with Crippen LogP contribution in [0.2, 0.25) is 0 Å². The van der Waals surface area contributed by atoms with E-state index in [2.05, 4.69) is 12.1 Å². The molecule has 3 amide bonds.